The van der Waals surface area contributed by atoms with Crippen LogP contribution < -0.4 is 5.73 Å². The number of hydrogen-bond donors (Lipinski definition) is 11. The van der Waals surface area contributed by atoms with Crippen LogP contribution in [0.4, 0.5) is 0 Å². The first kappa shape index (κ1) is 27.9. The van der Waals surface area contributed by atoms with Crippen molar-refractivity contribution in [3.8, 4) is 0 Å². The predicted molar refractivity (Wildman–Crippen MR) is 103 cm³/mol. The van der Waals surface area contributed by atoms with E-state index >= 15 is 0 Å². The smallest absolute Gasteiger partial charge is 0.187 e. The zero-order chi connectivity index (χ0) is 25.3. The molecule has 15 atom stereocenters. The molecule has 0 amide bonds. The first-order valence-electron chi connectivity index (χ1n) is 10.7. The van der Waals surface area contributed by atoms with E-state index < -0.39 is 112 Å². The molecule has 0 bridgehead atoms. The average molecular weight is 503 g/mol. The molecule has 3 aliphatic heterocycles. The van der Waals surface area contributed by atoms with Crippen LogP contribution in [0, 0.1) is 0 Å². The Morgan fingerprint density at radius 1 is 0.529 bits per heavy atom. The summed E-state index contributed by atoms with van der Waals surface area (Å²) in [5.41, 5.74) is 5.81. The van der Waals surface area contributed by atoms with Crippen molar-refractivity contribution in [2.75, 3.05) is 19.8 Å². The second-order valence-electron chi connectivity index (χ2n) is 8.42. The van der Waals surface area contributed by atoms with Crippen molar-refractivity contribution < 1.29 is 74.7 Å². The standard InChI is InChI=1S/C18H33NO15/c19-7-9(24)8(23)4(1-20)31-17(7)33-15-6(3-22)32-18(13(28)11(15)26)34-14-5(2-21)30-16(29)12(27)10(14)25/h4-18,20-29H,1-3,19H2/t4?,5?,6?,7?,8-,9-,10-,11-,12?,13?,14-,15-,16?,17+,18+/m1/s1. The number of aliphatic hydroxyl groups excluding tert-OH is 10. The molecule has 3 fully saturated rings. The summed E-state index contributed by atoms with van der Waals surface area (Å²) in [7, 11) is 0. The summed E-state index contributed by atoms with van der Waals surface area (Å²) < 4.78 is 26.7. The fourth-order valence-electron chi connectivity index (χ4n) is 4.10. The van der Waals surface area contributed by atoms with Crippen molar-refractivity contribution >= 4 is 0 Å². The van der Waals surface area contributed by atoms with E-state index in [1.807, 2.05) is 0 Å². The Labute approximate surface area is 193 Å². The van der Waals surface area contributed by atoms with Crippen molar-refractivity contribution in [1.29, 1.82) is 0 Å². The topological polar surface area (TPSA) is 274 Å². The molecular weight excluding hydrogens is 470 g/mol. The van der Waals surface area contributed by atoms with Crippen LogP contribution >= 0.6 is 0 Å². The third kappa shape index (κ3) is 5.37. The zero-order valence-electron chi connectivity index (χ0n) is 17.9. The van der Waals surface area contributed by atoms with Gasteiger partial charge in [-0.15, -0.1) is 0 Å². The molecule has 3 rings (SSSR count). The number of nitrogens with two attached hydrogens (primary N) is 1. The van der Waals surface area contributed by atoms with E-state index in [1.165, 1.54) is 0 Å². The van der Waals surface area contributed by atoms with Gasteiger partial charge in [0.25, 0.3) is 0 Å². The van der Waals surface area contributed by atoms with Crippen LogP contribution in [-0.2, 0) is 23.7 Å². The van der Waals surface area contributed by atoms with Gasteiger partial charge in [-0.3, -0.25) is 0 Å². The highest BCUT2D eigenvalue weighted by Crippen LogP contribution is 2.31. The third-order valence-electron chi connectivity index (χ3n) is 6.17. The number of hydrogen-bond acceptors (Lipinski definition) is 16. The molecule has 16 heteroatoms. The van der Waals surface area contributed by atoms with Crippen LogP contribution in [-0.4, -0.2) is 163 Å². The summed E-state index contributed by atoms with van der Waals surface area (Å²) in [6.45, 7) is -2.21. The molecule has 3 aliphatic rings. The molecule has 16 nitrogen and oxygen atoms in total. The molecule has 0 aromatic heterocycles. The van der Waals surface area contributed by atoms with E-state index in [9.17, 15) is 51.1 Å². The minimum Gasteiger partial charge on any atom is -0.394 e. The second kappa shape index (κ2) is 11.6. The monoisotopic (exact) mass is 503 g/mol. The van der Waals surface area contributed by atoms with Gasteiger partial charge in [-0.25, -0.2) is 0 Å². The molecule has 3 saturated heterocycles. The van der Waals surface area contributed by atoms with Gasteiger partial charge in [-0.1, -0.05) is 0 Å². The Bertz CT molecular complexity index is 640. The van der Waals surface area contributed by atoms with Crippen LogP contribution in [0.25, 0.3) is 0 Å². The zero-order valence-corrected chi connectivity index (χ0v) is 17.9. The Balaban J connectivity index is 1.72. The molecular formula is C18H33NO15. The highest BCUT2D eigenvalue weighted by atomic mass is 16.7. The van der Waals surface area contributed by atoms with Crippen LogP contribution in [0.2, 0.25) is 0 Å². The summed E-state index contributed by atoms with van der Waals surface area (Å²) in [6, 6.07) is -1.33. The van der Waals surface area contributed by atoms with Crippen molar-refractivity contribution in [2.45, 2.75) is 92.1 Å². The first-order valence-corrected chi connectivity index (χ1v) is 10.7. The summed E-state index contributed by atoms with van der Waals surface area (Å²) >= 11 is 0. The van der Waals surface area contributed by atoms with Gasteiger partial charge in [0.2, 0.25) is 0 Å². The van der Waals surface area contributed by atoms with Crippen molar-refractivity contribution in [3.63, 3.8) is 0 Å². The lowest BCUT2D eigenvalue weighted by Crippen LogP contribution is -2.67. The van der Waals surface area contributed by atoms with Gasteiger partial charge >= 0.3 is 0 Å². The highest BCUT2D eigenvalue weighted by molar-refractivity contribution is 4.96. The lowest BCUT2D eigenvalue weighted by molar-refractivity contribution is -0.371. The van der Waals surface area contributed by atoms with Crippen LogP contribution in [0.1, 0.15) is 0 Å². The molecule has 7 unspecified atom stereocenters. The van der Waals surface area contributed by atoms with Crippen LogP contribution in [0.15, 0.2) is 0 Å². The highest BCUT2D eigenvalue weighted by Gasteiger charge is 2.52. The molecule has 0 saturated carbocycles. The first-order chi connectivity index (χ1) is 16.0. The molecule has 0 aliphatic carbocycles. The molecule has 34 heavy (non-hydrogen) atoms. The SMILES string of the molecule is NC1[C@H](O[C@@H]2C(CO)O[C@@H](O[C@@H]3C(CO)OC(O)C(O)[C@H]3O)C(O)[C@H]2O)OC(CO)[C@@H](O)[C@@H]1O. The van der Waals surface area contributed by atoms with Crippen LogP contribution in [0.5, 0.6) is 0 Å². The lowest BCUT2D eigenvalue weighted by atomic mass is 9.95. The number of ether oxygens (including phenoxy) is 5. The summed E-state index contributed by atoms with van der Waals surface area (Å²) in [5.74, 6) is 0. The normalized spacial score (nSPS) is 52.5. The predicted octanol–water partition coefficient (Wildman–Crippen LogP) is -7.61. The van der Waals surface area contributed by atoms with E-state index in [2.05, 4.69) is 0 Å². The molecule has 0 aromatic rings. The largest absolute Gasteiger partial charge is 0.394 e. The van der Waals surface area contributed by atoms with Crippen molar-refractivity contribution in [1.82, 2.24) is 0 Å². The molecule has 3 heterocycles. The Morgan fingerprint density at radius 2 is 1.00 bits per heavy atom. The minimum absolute atomic E-state index is 0.686. The van der Waals surface area contributed by atoms with E-state index in [0.29, 0.717) is 0 Å². The van der Waals surface area contributed by atoms with Crippen molar-refractivity contribution in [3.05, 3.63) is 0 Å². The summed E-state index contributed by atoms with van der Waals surface area (Å²) in [4.78, 5) is 0. The number of rotatable bonds is 7. The quantitative estimate of drug-likeness (QED) is 0.154. The maximum atomic E-state index is 10.6. The Kier molecular flexibility index (Phi) is 9.54. The molecule has 200 valence electrons. The van der Waals surface area contributed by atoms with E-state index in [1.54, 1.807) is 0 Å². The fourth-order valence-corrected chi connectivity index (χ4v) is 4.10. The Hall–Kier alpha value is -0.640. The maximum absolute atomic E-state index is 10.6. The minimum atomic E-state index is -1.87. The fraction of sp³-hybridized carbons (Fsp3) is 1.00. The van der Waals surface area contributed by atoms with Gasteiger partial charge < -0.3 is 80.5 Å². The maximum Gasteiger partial charge on any atom is 0.187 e. The molecule has 0 aromatic carbocycles. The third-order valence-corrected chi connectivity index (χ3v) is 6.17. The number of aliphatic hydroxyl groups is 10. The van der Waals surface area contributed by atoms with Crippen LogP contribution in [0.3, 0.4) is 0 Å². The Morgan fingerprint density at radius 3 is 1.56 bits per heavy atom. The summed E-state index contributed by atoms with van der Waals surface area (Å²) in [5, 5.41) is 99.3. The average Bonchev–Trinajstić information content (AvgIpc) is 2.83. The van der Waals surface area contributed by atoms with E-state index in [-0.39, 0.29) is 0 Å². The summed E-state index contributed by atoms with van der Waals surface area (Å²) in [6.07, 6.45) is -22.3. The van der Waals surface area contributed by atoms with Gasteiger partial charge in [0.05, 0.1) is 25.9 Å². The van der Waals surface area contributed by atoms with Gasteiger partial charge in [0, 0.05) is 0 Å². The van der Waals surface area contributed by atoms with E-state index in [0.717, 1.165) is 0 Å². The van der Waals surface area contributed by atoms with Gasteiger partial charge in [-0.05, 0) is 0 Å². The van der Waals surface area contributed by atoms with Crippen molar-refractivity contribution in [2.24, 2.45) is 5.73 Å². The van der Waals surface area contributed by atoms with Gasteiger partial charge in [-0.2, -0.15) is 0 Å². The second-order valence-corrected chi connectivity index (χ2v) is 8.42. The molecule has 0 radical (unpaired) electrons. The van der Waals surface area contributed by atoms with Gasteiger partial charge in [0.15, 0.2) is 18.9 Å². The molecule has 12 N–H and O–H groups in total. The van der Waals surface area contributed by atoms with Gasteiger partial charge in [0.1, 0.15) is 67.1 Å². The molecule has 0 spiro atoms. The lowest BCUT2D eigenvalue weighted by Gasteiger charge is -2.48. The van der Waals surface area contributed by atoms with E-state index in [4.69, 9.17) is 29.4 Å².